The number of aliphatic hydroxyl groups is 1. The number of fused-ring (bicyclic) bond motifs is 1. The lowest BCUT2D eigenvalue weighted by molar-refractivity contribution is 0.145. The maximum atomic E-state index is 15.1. The zero-order valence-electron chi connectivity index (χ0n) is 18.2. The molecule has 0 unspecified atom stereocenters. The fourth-order valence-corrected chi connectivity index (χ4v) is 4.22. The molecule has 2 aromatic rings. The van der Waals surface area contributed by atoms with Crippen LogP contribution in [-0.4, -0.2) is 46.6 Å². The van der Waals surface area contributed by atoms with Gasteiger partial charge in [-0.05, 0) is 56.4 Å². The number of allylic oxidation sites excluding steroid dienone is 1. The minimum absolute atomic E-state index is 0.0629. The van der Waals surface area contributed by atoms with Gasteiger partial charge in [0.15, 0.2) is 11.6 Å². The molecule has 1 saturated heterocycles. The van der Waals surface area contributed by atoms with Gasteiger partial charge in [-0.2, -0.15) is 9.97 Å². The average molecular weight is 436 g/mol. The molecule has 0 spiro atoms. The molecule has 0 atom stereocenters. The van der Waals surface area contributed by atoms with Crippen molar-refractivity contribution in [2.24, 2.45) is 4.99 Å². The van der Waals surface area contributed by atoms with Crippen molar-refractivity contribution in [1.82, 2.24) is 9.97 Å². The fraction of sp³-hybridized carbons (Fsp3) is 0.375. The van der Waals surface area contributed by atoms with Crippen LogP contribution in [-0.2, 0) is 6.42 Å². The fourth-order valence-electron chi connectivity index (χ4n) is 4.22. The van der Waals surface area contributed by atoms with E-state index in [1.165, 1.54) is 0 Å². The first-order valence-electron chi connectivity index (χ1n) is 10.9. The van der Waals surface area contributed by atoms with E-state index in [9.17, 15) is 5.11 Å². The van der Waals surface area contributed by atoms with Gasteiger partial charge in [-0.25, -0.2) is 4.39 Å². The third-order valence-corrected chi connectivity index (χ3v) is 5.91. The minimum atomic E-state index is -0.400. The summed E-state index contributed by atoms with van der Waals surface area (Å²) < 4.78 is 20.9. The monoisotopic (exact) mass is 435 g/mol. The van der Waals surface area contributed by atoms with Crippen LogP contribution in [0.25, 0.3) is 6.08 Å². The van der Waals surface area contributed by atoms with Gasteiger partial charge >= 0.3 is 6.01 Å². The Kier molecular flexibility index (Phi) is 5.38. The largest absolute Gasteiger partial charge is 0.421 e. The predicted octanol–water partition coefficient (Wildman–Crippen LogP) is 4.10. The predicted molar refractivity (Wildman–Crippen MR) is 123 cm³/mol. The number of amidine groups is 1. The number of piperidine rings is 1. The number of aromatic nitrogens is 2. The van der Waals surface area contributed by atoms with Crippen LogP contribution in [0.4, 0.5) is 16.0 Å². The van der Waals surface area contributed by atoms with Gasteiger partial charge in [0.2, 0.25) is 0 Å². The molecule has 1 aromatic carbocycles. The third-order valence-electron chi connectivity index (χ3n) is 5.91. The van der Waals surface area contributed by atoms with E-state index in [2.05, 4.69) is 25.2 Å². The number of aliphatic hydroxyl groups excluding tert-OH is 1. The first-order chi connectivity index (χ1) is 15.4. The summed E-state index contributed by atoms with van der Waals surface area (Å²) in [7, 11) is 0. The van der Waals surface area contributed by atoms with Crippen molar-refractivity contribution in [1.29, 1.82) is 0 Å². The van der Waals surface area contributed by atoms with E-state index in [0.29, 0.717) is 49.7 Å². The minimum Gasteiger partial charge on any atom is -0.421 e. The summed E-state index contributed by atoms with van der Waals surface area (Å²) in [6.45, 7) is 6.01. The molecule has 3 heterocycles. The number of ether oxygens (including phenoxy) is 1. The van der Waals surface area contributed by atoms with Gasteiger partial charge in [0.1, 0.15) is 17.5 Å². The Morgan fingerprint density at radius 1 is 1.12 bits per heavy atom. The molecule has 1 fully saturated rings. The van der Waals surface area contributed by atoms with Crippen molar-refractivity contribution in [3.8, 4) is 11.8 Å². The number of anilines is 2. The Bertz CT molecular complexity index is 1150. The molecule has 5 rings (SSSR count). The highest BCUT2D eigenvalue weighted by atomic mass is 19.1. The molecule has 2 N–H and O–H groups in total. The summed E-state index contributed by atoms with van der Waals surface area (Å²) in [5, 5.41) is 13.1. The van der Waals surface area contributed by atoms with E-state index >= 15 is 4.39 Å². The lowest BCUT2D eigenvalue weighted by atomic mass is 10.1. The second-order valence-corrected chi connectivity index (χ2v) is 8.65. The highest BCUT2D eigenvalue weighted by molar-refractivity contribution is 6.05. The van der Waals surface area contributed by atoms with E-state index < -0.39 is 5.82 Å². The topological polar surface area (TPSA) is 82.9 Å². The number of rotatable bonds is 4. The smallest absolute Gasteiger partial charge is 0.326 e. The molecule has 1 aliphatic carbocycles. The Morgan fingerprint density at radius 2 is 1.94 bits per heavy atom. The first-order valence-corrected chi connectivity index (χ1v) is 10.9. The molecule has 3 aliphatic rings. The van der Waals surface area contributed by atoms with E-state index in [1.807, 2.05) is 38.1 Å². The normalized spacial score (nSPS) is 18.2. The van der Waals surface area contributed by atoms with Gasteiger partial charge in [0.25, 0.3) is 0 Å². The molecule has 166 valence electrons. The molecule has 0 radical (unpaired) electrons. The second kappa shape index (κ2) is 8.35. The first kappa shape index (κ1) is 20.6. The molecule has 0 amide bonds. The Balaban J connectivity index is 1.46. The second-order valence-electron chi connectivity index (χ2n) is 8.65. The summed E-state index contributed by atoms with van der Waals surface area (Å²) in [5.74, 6) is 1.61. The molecule has 0 bridgehead atoms. The molecule has 32 heavy (non-hydrogen) atoms. The molecular formula is C24H26FN5O2. The van der Waals surface area contributed by atoms with Crippen LogP contribution in [0.15, 0.2) is 40.4 Å². The number of aliphatic imine (C=N–C) groups is 1. The Morgan fingerprint density at radius 3 is 2.69 bits per heavy atom. The van der Waals surface area contributed by atoms with E-state index in [1.54, 1.807) is 6.07 Å². The van der Waals surface area contributed by atoms with Crippen LogP contribution in [0.1, 0.15) is 37.8 Å². The molecule has 1 aromatic heterocycles. The molecule has 8 heteroatoms. The Hall–Kier alpha value is -3.26. The SMILES string of the molecule is CC1=CC(Nc2cc(N3CCC(O)CC3)nc(Oc3ccc4c(c3F)C=C(C)C4)n2)=NC1. The van der Waals surface area contributed by atoms with E-state index in [-0.39, 0.29) is 17.9 Å². The van der Waals surface area contributed by atoms with Crippen molar-refractivity contribution in [3.63, 3.8) is 0 Å². The summed E-state index contributed by atoms with van der Waals surface area (Å²) in [6.07, 6.45) is 5.62. The van der Waals surface area contributed by atoms with Gasteiger partial charge in [-0.15, -0.1) is 0 Å². The molecular weight excluding hydrogens is 409 g/mol. The lowest BCUT2D eigenvalue weighted by Crippen LogP contribution is -2.36. The standard InChI is InChI=1S/C24H26FN5O2/c1-14-9-16-3-4-19(23(25)18(16)10-14)32-24-28-21(27-20-11-15(2)13-26-20)12-22(29-24)30-7-5-17(31)6-8-30/h3-4,10-12,17,31H,5-9,13H2,1-2H3,(H,26,27,28,29). The van der Waals surface area contributed by atoms with Crippen molar-refractivity contribution < 1.29 is 14.2 Å². The van der Waals surface area contributed by atoms with Crippen LogP contribution >= 0.6 is 0 Å². The van der Waals surface area contributed by atoms with Gasteiger partial charge in [-0.1, -0.05) is 17.7 Å². The van der Waals surface area contributed by atoms with Crippen LogP contribution < -0.4 is 15.0 Å². The number of nitrogens with one attached hydrogen (secondary N) is 1. The van der Waals surface area contributed by atoms with Crippen molar-refractivity contribution in [2.45, 2.75) is 39.2 Å². The molecule has 7 nitrogen and oxygen atoms in total. The summed E-state index contributed by atoms with van der Waals surface area (Å²) in [5.41, 5.74) is 3.80. The van der Waals surface area contributed by atoms with E-state index in [4.69, 9.17) is 4.74 Å². The number of benzene rings is 1. The van der Waals surface area contributed by atoms with E-state index in [0.717, 1.165) is 29.0 Å². The zero-order chi connectivity index (χ0) is 22.2. The van der Waals surface area contributed by atoms with Crippen LogP contribution in [0.5, 0.6) is 11.8 Å². The van der Waals surface area contributed by atoms with Gasteiger partial charge < -0.3 is 20.1 Å². The lowest BCUT2D eigenvalue weighted by Gasteiger charge is -2.30. The summed E-state index contributed by atoms with van der Waals surface area (Å²) in [6, 6.07) is 5.41. The van der Waals surface area contributed by atoms with Crippen molar-refractivity contribution in [2.75, 3.05) is 29.9 Å². The molecule has 2 aliphatic heterocycles. The number of hydrogen-bond donors (Lipinski definition) is 2. The van der Waals surface area contributed by atoms with Gasteiger partial charge in [-0.3, -0.25) is 4.99 Å². The Labute approximate surface area is 186 Å². The van der Waals surface area contributed by atoms with Gasteiger partial charge in [0, 0.05) is 24.7 Å². The summed E-state index contributed by atoms with van der Waals surface area (Å²) >= 11 is 0. The van der Waals surface area contributed by atoms with Gasteiger partial charge in [0.05, 0.1) is 12.6 Å². The van der Waals surface area contributed by atoms with Crippen molar-refractivity contribution in [3.05, 3.63) is 52.4 Å². The third kappa shape index (κ3) is 4.23. The number of hydrogen-bond acceptors (Lipinski definition) is 7. The average Bonchev–Trinajstić information content (AvgIpc) is 3.35. The van der Waals surface area contributed by atoms with Crippen molar-refractivity contribution >= 4 is 23.5 Å². The quantitative estimate of drug-likeness (QED) is 0.753. The number of nitrogens with zero attached hydrogens (tertiary/aromatic N) is 4. The number of halogens is 1. The zero-order valence-corrected chi connectivity index (χ0v) is 18.2. The highest BCUT2D eigenvalue weighted by Gasteiger charge is 2.22. The molecule has 0 saturated carbocycles. The van der Waals surface area contributed by atoms with Crippen LogP contribution in [0.2, 0.25) is 0 Å². The van der Waals surface area contributed by atoms with Crippen LogP contribution in [0.3, 0.4) is 0 Å². The maximum absolute atomic E-state index is 15.1. The maximum Gasteiger partial charge on any atom is 0.326 e. The summed E-state index contributed by atoms with van der Waals surface area (Å²) in [4.78, 5) is 15.5. The van der Waals surface area contributed by atoms with Crippen LogP contribution in [0, 0.1) is 5.82 Å². The highest BCUT2D eigenvalue weighted by Crippen LogP contribution is 2.34.